The van der Waals surface area contributed by atoms with Crippen molar-refractivity contribution in [2.75, 3.05) is 19.8 Å². The highest BCUT2D eigenvalue weighted by Crippen LogP contribution is 2.75. The topological polar surface area (TPSA) is 112 Å². The van der Waals surface area contributed by atoms with E-state index in [0.717, 1.165) is 44.9 Å². The number of carboxylic acid groups (broad SMARTS) is 1. The third kappa shape index (κ3) is 5.24. The molecule has 0 amide bonds. The first-order chi connectivity index (χ1) is 24.9. The van der Waals surface area contributed by atoms with Gasteiger partial charge in [-0.3, -0.25) is 4.79 Å². The molecule has 1 saturated heterocycles. The Hall–Kier alpha value is -2.62. The minimum atomic E-state index is -0.654. The van der Waals surface area contributed by atoms with Gasteiger partial charge in [0.1, 0.15) is 12.1 Å². The van der Waals surface area contributed by atoms with Gasteiger partial charge in [-0.05, 0) is 122 Å². The van der Waals surface area contributed by atoms with Gasteiger partial charge in [0.15, 0.2) is 5.82 Å². The average Bonchev–Trinajstić information content (AvgIpc) is 3.86. The van der Waals surface area contributed by atoms with Crippen LogP contribution in [0, 0.1) is 68.4 Å². The van der Waals surface area contributed by atoms with Crippen molar-refractivity contribution in [3.05, 3.63) is 48.1 Å². The van der Waals surface area contributed by atoms with E-state index in [2.05, 4.69) is 66.4 Å². The minimum absolute atomic E-state index is 0.182. The number of rotatable bonds is 9. The maximum atomic E-state index is 15.5. The summed E-state index contributed by atoms with van der Waals surface area (Å²) in [4.78, 5) is 18.3. The van der Waals surface area contributed by atoms with Crippen LogP contribution in [0.25, 0.3) is 11.4 Å². The number of carbonyl (C=O) groups is 1. The zero-order chi connectivity index (χ0) is 37.9. The molecule has 4 saturated carbocycles. The second-order valence-corrected chi connectivity index (χ2v) is 20.2. The van der Waals surface area contributed by atoms with Crippen LogP contribution in [0.15, 0.2) is 42.2 Å². The van der Waals surface area contributed by atoms with Crippen molar-refractivity contribution in [1.82, 2.24) is 14.8 Å². The largest absolute Gasteiger partial charge is 0.481 e. The van der Waals surface area contributed by atoms with Crippen LogP contribution in [0.4, 0.5) is 4.39 Å². The molecule has 1 aromatic heterocycles. The molecule has 290 valence electrons. The lowest BCUT2D eigenvalue weighted by Crippen LogP contribution is -2.70. The fourth-order valence-electron chi connectivity index (χ4n) is 13.5. The van der Waals surface area contributed by atoms with Crippen molar-refractivity contribution in [3.63, 3.8) is 0 Å². The van der Waals surface area contributed by atoms with Gasteiger partial charge in [0.2, 0.25) is 0 Å². The molecule has 12 atom stereocenters. The highest BCUT2D eigenvalue weighted by molar-refractivity contribution is 5.73. The maximum absolute atomic E-state index is 15.5. The van der Waals surface area contributed by atoms with Gasteiger partial charge in [-0.25, -0.2) is 14.1 Å². The van der Waals surface area contributed by atoms with Crippen molar-refractivity contribution in [3.8, 4) is 11.4 Å². The monoisotopic (exact) mass is 730 g/mol. The lowest BCUT2D eigenvalue weighted by atomic mass is 9.34. The van der Waals surface area contributed by atoms with E-state index in [4.69, 9.17) is 20.3 Å². The molecule has 8 nitrogen and oxygen atoms in total. The molecule has 5 fully saturated rings. The number of ether oxygens (including phenoxy) is 2. The third-order valence-corrected chi connectivity index (χ3v) is 17.1. The number of aliphatic carboxylic acids is 1. The molecule has 0 spiro atoms. The predicted octanol–water partition coefficient (Wildman–Crippen LogP) is 8.73. The quantitative estimate of drug-likeness (QED) is 0.248. The van der Waals surface area contributed by atoms with Crippen LogP contribution in [0.1, 0.15) is 113 Å². The first-order valence-corrected chi connectivity index (χ1v) is 20.5. The third-order valence-electron chi connectivity index (χ3n) is 17.1. The van der Waals surface area contributed by atoms with Gasteiger partial charge in [-0.2, -0.15) is 5.10 Å². The smallest absolute Gasteiger partial charge is 0.307 e. The second kappa shape index (κ2) is 12.4. The number of benzene rings is 1. The molecule has 1 aliphatic heterocycles. The summed E-state index contributed by atoms with van der Waals surface area (Å²) in [6, 6.07) is 6.58. The Morgan fingerprint density at radius 1 is 1.09 bits per heavy atom. The highest BCUT2D eigenvalue weighted by atomic mass is 19.1. The van der Waals surface area contributed by atoms with E-state index < -0.39 is 28.3 Å². The Balaban J connectivity index is 1.29. The van der Waals surface area contributed by atoms with Gasteiger partial charge in [0.05, 0.1) is 43.4 Å². The first kappa shape index (κ1) is 37.3. The van der Waals surface area contributed by atoms with E-state index in [9.17, 15) is 9.90 Å². The number of allylic oxidation sites excluding steroid dienone is 1. The first-order valence-electron chi connectivity index (χ1n) is 20.5. The van der Waals surface area contributed by atoms with Crippen molar-refractivity contribution in [2.24, 2.45) is 68.3 Å². The molecule has 6 aliphatic rings. The molecule has 1 aromatic carbocycles. The zero-order valence-corrected chi connectivity index (χ0v) is 33.3. The molecule has 5 aliphatic carbocycles. The Morgan fingerprint density at radius 3 is 2.51 bits per heavy atom. The summed E-state index contributed by atoms with van der Waals surface area (Å²) >= 11 is 0. The number of nitrogens with zero attached hydrogens (tertiary/aromatic N) is 3. The number of hydrogen-bond donors (Lipinski definition) is 2. The molecule has 53 heavy (non-hydrogen) atoms. The predicted molar refractivity (Wildman–Crippen MR) is 203 cm³/mol. The summed E-state index contributed by atoms with van der Waals surface area (Å²) in [5.74, 6) is 0.646. The molecule has 8 rings (SSSR count). The van der Waals surface area contributed by atoms with Gasteiger partial charge in [-0.1, -0.05) is 72.2 Å². The summed E-state index contributed by atoms with van der Waals surface area (Å²) in [6.45, 7) is 19.8. The summed E-state index contributed by atoms with van der Waals surface area (Å²) in [7, 11) is 0. The van der Waals surface area contributed by atoms with Crippen molar-refractivity contribution >= 4 is 5.97 Å². The van der Waals surface area contributed by atoms with Gasteiger partial charge >= 0.3 is 5.97 Å². The molecule has 2 heterocycles. The average molecular weight is 731 g/mol. The van der Waals surface area contributed by atoms with E-state index in [-0.39, 0.29) is 46.0 Å². The summed E-state index contributed by atoms with van der Waals surface area (Å²) in [6.07, 6.45) is 11.3. The maximum Gasteiger partial charge on any atom is 0.307 e. The molecular formula is C44H63FN4O4. The van der Waals surface area contributed by atoms with E-state index in [0.29, 0.717) is 55.4 Å². The van der Waals surface area contributed by atoms with E-state index in [1.807, 2.05) is 10.7 Å². The van der Waals surface area contributed by atoms with Crippen LogP contribution in [0.3, 0.4) is 0 Å². The van der Waals surface area contributed by atoms with Crippen LogP contribution in [-0.4, -0.2) is 57.3 Å². The fraction of sp³-hybridized carbons (Fsp3) is 0.750. The van der Waals surface area contributed by atoms with Crippen LogP contribution in [0.5, 0.6) is 0 Å². The van der Waals surface area contributed by atoms with Crippen LogP contribution < -0.4 is 5.73 Å². The lowest BCUT2D eigenvalue weighted by Gasteiger charge is -2.71. The van der Waals surface area contributed by atoms with E-state index in [1.54, 1.807) is 18.5 Å². The number of hydrogen-bond acceptors (Lipinski definition) is 6. The standard InChI is InChI=1S/C44H63FN4O4/c1-26(2)27(3)40(5)19-20-41(6)30-15-16-34-39(4)21-33(49-37(47-25-48-49)29-11-9-10-12-32(29)45)36(53-23-43(8,46)28-13-14-28)44(34,24-52-22-39)31(30)17-18-42(41,7)35(40)38(50)51/h9-12,17,25-28,30,33-36H,13-16,18-24,46H2,1-8H3,(H,50,51)/t27-,30+,33-,34-,35-,36+,39-,40-,41-,42+,43+,44+/m1/s1. The van der Waals surface area contributed by atoms with Crippen LogP contribution in [0.2, 0.25) is 0 Å². The molecule has 9 heteroatoms. The fourth-order valence-corrected chi connectivity index (χ4v) is 13.5. The number of fused-ring (bicyclic) bond motifs is 3. The molecule has 3 N–H and O–H groups in total. The second-order valence-electron chi connectivity index (χ2n) is 20.2. The summed E-state index contributed by atoms with van der Waals surface area (Å²) < 4.78 is 31.5. The Kier molecular flexibility index (Phi) is 8.76. The molecule has 2 bridgehead atoms. The van der Waals surface area contributed by atoms with Crippen LogP contribution >= 0.6 is 0 Å². The van der Waals surface area contributed by atoms with Gasteiger partial charge in [0.25, 0.3) is 0 Å². The summed E-state index contributed by atoms with van der Waals surface area (Å²) in [5, 5.41) is 16.0. The number of nitrogens with two attached hydrogens (primary N) is 1. The Bertz CT molecular complexity index is 1790. The molecule has 0 radical (unpaired) electrons. The SMILES string of the molecule is CC(C)[C@@H](C)[C@@]1(C)CC[C@]2(C)[C@H]3CC[C@@H]4[C@@]5(C)COC[C@@]4(C3=CC[C@@]2(C)[C@@H]1C(=O)O)[C@@H](OC[C@](C)(N)C1CC1)[C@H](n1ncnc1-c1ccccc1F)C5. The van der Waals surface area contributed by atoms with Crippen molar-refractivity contribution in [2.45, 2.75) is 124 Å². The zero-order valence-electron chi connectivity index (χ0n) is 33.3. The molecular weight excluding hydrogens is 668 g/mol. The number of aromatic nitrogens is 3. The normalized spacial score (nSPS) is 42.5. The Morgan fingerprint density at radius 2 is 1.83 bits per heavy atom. The number of halogens is 1. The van der Waals surface area contributed by atoms with E-state index >= 15 is 4.39 Å². The number of carboxylic acids is 1. The minimum Gasteiger partial charge on any atom is -0.481 e. The molecule has 2 aromatic rings. The van der Waals surface area contributed by atoms with E-state index in [1.165, 1.54) is 11.6 Å². The highest BCUT2D eigenvalue weighted by Gasteiger charge is 2.73. The van der Waals surface area contributed by atoms with Gasteiger partial charge < -0.3 is 20.3 Å². The summed E-state index contributed by atoms with van der Waals surface area (Å²) in [5.41, 5.74) is 6.75. The van der Waals surface area contributed by atoms with Gasteiger partial charge in [-0.15, -0.1) is 0 Å². The Labute approximate surface area is 315 Å². The molecule has 0 unspecified atom stereocenters. The van der Waals surface area contributed by atoms with Crippen molar-refractivity contribution < 1.29 is 23.8 Å². The van der Waals surface area contributed by atoms with Gasteiger partial charge in [0, 0.05) is 11.0 Å². The lowest BCUT2D eigenvalue weighted by molar-refractivity contribution is -0.254. The van der Waals surface area contributed by atoms with Crippen LogP contribution in [-0.2, 0) is 14.3 Å². The van der Waals surface area contributed by atoms with Crippen molar-refractivity contribution in [1.29, 1.82) is 0 Å².